The third-order valence-corrected chi connectivity index (χ3v) is 4.22. The summed E-state index contributed by atoms with van der Waals surface area (Å²) in [5, 5.41) is 11.7. The van der Waals surface area contributed by atoms with Crippen LogP contribution in [0.5, 0.6) is 0 Å². The third kappa shape index (κ3) is 2.54. The van der Waals surface area contributed by atoms with Crippen molar-refractivity contribution in [1.82, 2.24) is 30.0 Å². The Morgan fingerprint density at radius 3 is 2.72 bits per heavy atom. The average Bonchev–Trinajstić information content (AvgIpc) is 3.06. The minimum absolute atomic E-state index is 0.694. The maximum atomic E-state index is 4.09. The molecule has 1 atom stereocenters. The number of aromatic nitrogens is 4. The zero-order valence-corrected chi connectivity index (χ0v) is 11.1. The van der Waals surface area contributed by atoms with Crippen LogP contribution in [0, 0.1) is 0 Å². The molecule has 2 aliphatic heterocycles. The minimum Gasteiger partial charge on any atom is -0.302 e. The van der Waals surface area contributed by atoms with Crippen LogP contribution < -0.4 is 0 Å². The van der Waals surface area contributed by atoms with E-state index in [9.17, 15) is 0 Å². The highest BCUT2D eigenvalue weighted by atomic mass is 15.5. The molecule has 2 fully saturated rings. The van der Waals surface area contributed by atoms with Gasteiger partial charge in [-0.1, -0.05) is 0 Å². The summed E-state index contributed by atoms with van der Waals surface area (Å²) in [4.78, 5) is 5.15. The molecule has 1 aromatic heterocycles. The molecule has 6 heteroatoms. The number of tetrazole rings is 1. The average molecular weight is 250 g/mol. The molecule has 0 aromatic carbocycles. The SMILES string of the molecule is Cn1nnnc1CN1CCCC1CN1CCCC1. The van der Waals surface area contributed by atoms with Crippen molar-refractivity contribution in [2.75, 3.05) is 26.2 Å². The monoisotopic (exact) mass is 250 g/mol. The number of hydrogen-bond acceptors (Lipinski definition) is 5. The van der Waals surface area contributed by atoms with Gasteiger partial charge in [0.25, 0.3) is 0 Å². The van der Waals surface area contributed by atoms with Gasteiger partial charge in [0.1, 0.15) is 0 Å². The van der Waals surface area contributed by atoms with Gasteiger partial charge in [-0.2, -0.15) is 0 Å². The first kappa shape index (κ1) is 12.0. The number of nitrogens with zero attached hydrogens (tertiary/aromatic N) is 6. The van der Waals surface area contributed by atoms with Crippen molar-refractivity contribution in [3.63, 3.8) is 0 Å². The maximum absolute atomic E-state index is 4.09. The van der Waals surface area contributed by atoms with E-state index >= 15 is 0 Å². The van der Waals surface area contributed by atoms with E-state index in [-0.39, 0.29) is 0 Å². The summed E-state index contributed by atoms with van der Waals surface area (Å²) in [6.45, 7) is 5.88. The van der Waals surface area contributed by atoms with Crippen LogP contribution in [0.25, 0.3) is 0 Å². The molecule has 6 nitrogen and oxygen atoms in total. The molecule has 0 amide bonds. The molecule has 18 heavy (non-hydrogen) atoms. The lowest BCUT2D eigenvalue weighted by Gasteiger charge is -2.27. The fourth-order valence-corrected chi connectivity index (χ4v) is 3.14. The molecular weight excluding hydrogens is 228 g/mol. The topological polar surface area (TPSA) is 50.1 Å². The number of rotatable bonds is 4. The van der Waals surface area contributed by atoms with Gasteiger partial charge < -0.3 is 4.90 Å². The van der Waals surface area contributed by atoms with Crippen LogP contribution in [0.3, 0.4) is 0 Å². The van der Waals surface area contributed by atoms with Crippen LogP contribution in [0.1, 0.15) is 31.5 Å². The van der Waals surface area contributed by atoms with Crippen LogP contribution in [0.4, 0.5) is 0 Å². The van der Waals surface area contributed by atoms with Crippen molar-refractivity contribution in [1.29, 1.82) is 0 Å². The van der Waals surface area contributed by atoms with Crippen molar-refractivity contribution in [3.05, 3.63) is 5.82 Å². The smallest absolute Gasteiger partial charge is 0.164 e. The highest BCUT2D eigenvalue weighted by Crippen LogP contribution is 2.21. The molecule has 3 heterocycles. The van der Waals surface area contributed by atoms with Gasteiger partial charge in [0.05, 0.1) is 6.54 Å². The normalized spacial score (nSPS) is 26.2. The molecule has 0 bridgehead atoms. The summed E-state index contributed by atoms with van der Waals surface area (Å²) in [5.74, 6) is 0.975. The predicted molar refractivity (Wildman–Crippen MR) is 67.9 cm³/mol. The Morgan fingerprint density at radius 1 is 1.17 bits per heavy atom. The zero-order chi connectivity index (χ0) is 12.4. The van der Waals surface area contributed by atoms with Crippen LogP contribution in [0.15, 0.2) is 0 Å². The van der Waals surface area contributed by atoms with E-state index in [0.29, 0.717) is 6.04 Å². The quantitative estimate of drug-likeness (QED) is 0.768. The number of aryl methyl sites for hydroxylation is 1. The van der Waals surface area contributed by atoms with Crippen LogP contribution in [0.2, 0.25) is 0 Å². The zero-order valence-electron chi connectivity index (χ0n) is 11.1. The Bertz CT molecular complexity index is 384. The van der Waals surface area contributed by atoms with Gasteiger partial charge in [-0.05, 0) is 55.7 Å². The molecule has 0 radical (unpaired) electrons. The Kier molecular flexibility index (Phi) is 3.56. The van der Waals surface area contributed by atoms with Crippen molar-refractivity contribution in [2.24, 2.45) is 7.05 Å². The van der Waals surface area contributed by atoms with Crippen molar-refractivity contribution < 1.29 is 0 Å². The van der Waals surface area contributed by atoms with E-state index in [1.54, 1.807) is 4.68 Å². The summed E-state index contributed by atoms with van der Waals surface area (Å²) >= 11 is 0. The highest BCUT2D eigenvalue weighted by Gasteiger charge is 2.28. The van der Waals surface area contributed by atoms with E-state index in [1.807, 2.05) is 7.05 Å². The van der Waals surface area contributed by atoms with Gasteiger partial charge in [-0.3, -0.25) is 4.90 Å². The van der Waals surface area contributed by atoms with E-state index in [1.165, 1.54) is 51.9 Å². The largest absolute Gasteiger partial charge is 0.302 e. The Hall–Kier alpha value is -1.01. The molecule has 1 aromatic rings. The Labute approximate surface area is 108 Å². The molecule has 0 aliphatic carbocycles. The summed E-state index contributed by atoms with van der Waals surface area (Å²) in [6.07, 6.45) is 5.38. The minimum atomic E-state index is 0.694. The molecule has 2 aliphatic rings. The molecule has 0 saturated carbocycles. The molecule has 1 unspecified atom stereocenters. The summed E-state index contributed by atoms with van der Waals surface area (Å²) in [6, 6.07) is 0.694. The van der Waals surface area contributed by atoms with E-state index in [0.717, 1.165) is 12.4 Å². The molecule has 0 N–H and O–H groups in total. The second-order valence-corrected chi connectivity index (χ2v) is 5.49. The van der Waals surface area contributed by atoms with Gasteiger partial charge >= 0.3 is 0 Å². The van der Waals surface area contributed by atoms with E-state index < -0.39 is 0 Å². The summed E-state index contributed by atoms with van der Waals surface area (Å²) < 4.78 is 1.78. The Morgan fingerprint density at radius 2 is 2.00 bits per heavy atom. The van der Waals surface area contributed by atoms with Gasteiger partial charge in [0.2, 0.25) is 0 Å². The summed E-state index contributed by atoms with van der Waals surface area (Å²) in [5.41, 5.74) is 0. The lowest BCUT2D eigenvalue weighted by molar-refractivity contribution is 0.180. The third-order valence-electron chi connectivity index (χ3n) is 4.22. The second kappa shape index (κ2) is 5.32. The van der Waals surface area contributed by atoms with Gasteiger partial charge in [-0.25, -0.2) is 4.68 Å². The van der Waals surface area contributed by atoms with Gasteiger partial charge in [0, 0.05) is 19.6 Å². The van der Waals surface area contributed by atoms with Crippen LogP contribution >= 0.6 is 0 Å². The highest BCUT2D eigenvalue weighted by molar-refractivity contribution is 4.88. The van der Waals surface area contributed by atoms with Crippen molar-refractivity contribution in [2.45, 2.75) is 38.3 Å². The summed E-state index contributed by atoms with van der Waals surface area (Å²) in [7, 11) is 1.92. The molecular formula is C12H22N6. The molecule has 100 valence electrons. The standard InChI is InChI=1S/C12H22N6/c1-16-12(13-14-15-16)10-18-8-4-5-11(18)9-17-6-2-3-7-17/h11H,2-10H2,1H3. The van der Waals surface area contributed by atoms with E-state index in [2.05, 4.69) is 25.3 Å². The number of hydrogen-bond donors (Lipinski definition) is 0. The van der Waals surface area contributed by atoms with Crippen molar-refractivity contribution in [3.8, 4) is 0 Å². The van der Waals surface area contributed by atoms with Crippen LogP contribution in [-0.2, 0) is 13.6 Å². The second-order valence-electron chi connectivity index (χ2n) is 5.49. The lowest BCUT2D eigenvalue weighted by atomic mass is 10.2. The number of likely N-dealkylation sites (tertiary alicyclic amines) is 2. The fraction of sp³-hybridized carbons (Fsp3) is 0.917. The molecule has 2 saturated heterocycles. The lowest BCUT2D eigenvalue weighted by Crippen LogP contribution is -2.39. The van der Waals surface area contributed by atoms with E-state index in [4.69, 9.17) is 0 Å². The fourth-order valence-electron chi connectivity index (χ4n) is 3.14. The first-order valence-electron chi connectivity index (χ1n) is 7.00. The van der Waals surface area contributed by atoms with Crippen LogP contribution in [-0.4, -0.2) is 62.2 Å². The molecule has 0 spiro atoms. The predicted octanol–water partition coefficient (Wildman–Crippen LogP) is 0.270. The maximum Gasteiger partial charge on any atom is 0.164 e. The molecule has 3 rings (SSSR count). The van der Waals surface area contributed by atoms with Gasteiger partial charge in [0.15, 0.2) is 5.82 Å². The Balaban J connectivity index is 1.58. The van der Waals surface area contributed by atoms with Gasteiger partial charge in [-0.15, -0.1) is 5.10 Å². The van der Waals surface area contributed by atoms with Crippen molar-refractivity contribution >= 4 is 0 Å². The first-order chi connectivity index (χ1) is 8.83. The first-order valence-corrected chi connectivity index (χ1v) is 7.00.